The van der Waals surface area contributed by atoms with Gasteiger partial charge in [-0.1, -0.05) is 6.07 Å². The van der Waals surface area contributed by atoms with Gasteiger partial charge in [-0.15, -0.1) is 11.3 Å². The fourth-order valence-corrected chi connectivity index (χ4v) is 4.85. The van der Waals surface area contributed by atoms with E-state index >= 15 is 0 Å². The summed E-state index contributed by atoms with van der Waals surface area (Å²) in [5, 5.41) is 3.02. The highest BCUT2D eigenvalue weighted by Crippen LogP contribution is 2.31. The zero-order chi connectivity index (χ0) is 23.3. The maximum absolute atomic E-state index is 13.2. The number of carbonyl (C=O) groups excluding carboxylic acids is 1. The van der Waals surface area contributed by atoms with Crippen LogP contribution >= 0.6 is 11.3 Å². The van der Waals surface area contributed by atoms with E-state index in [0.29, 0.717) is 52.5 Å². The number of thiazole rings is 1. The van der Waals surface area contributed by atoms with Crippen molar-refractivity contribution in [2.45, 2.75) is 32.7 Å². The van der Waals surface area contributed by atoms with Gasteiger partial charge in [-0.3, -0.25) is 14.7 Å². The lowest BCUT2D eigenvalue weighted by molar-refractivity contribution is -0.132. The van der Waals surface area contributed by atoms with E-state index < -0.39 is 0 Å². The van der Waals surface area contributed by atoms with Crippen LogP contribution in [0.5, 0.6) is 11.5 Å². The minimum Gasteiger partial charge on any atom is -0.486 e. The number of aromatic nitrogens is 2. The van der Waals surface area contributed by atoms with Gasteiger partial charge in [0.25, 0.3) is 0 Å². The van der Waals surface area contributed by atoms with Gasteiger partial charge < -0.3 is 19.1 Å². The summed E-state index contributed by atoms with van der Waals surface area (Å²) in [7, 11) is 0. The van der Waals surface area contributed by atoms with E-state index in [0.717, 1.165) is 33.3 Å². The molecule has 1 amide bonds. The summed E-state index contributed by atoms with van der Waals surface area (Å²) in [6, 6.07) is 9.88. The van der Waals surface area contributed by atoms with Crippen LogP contribution in [0.15, 0.2) is 48.1 Å². The SMILES string of the molecule is Cc1nc(CN2CC(OCc3ccncc3)CN(Cc3ccc4c(c3)OCCO4)CC2=O)cs1. The van der Waals surface area contributed by atoms with Crippen LogP contribution in [0, 0.1) is 6.92 Å². The smallest absolute Gasteiger partial charge is 0.237 e. The molecule has 1 atom stereocenters. The van der Waals surface area contributed by atoms with Gasteiger partial charge in [-0.25, -0.2) is 4.98 Å². The largest absolute Gasteiger partial charge is 0.486 e. The van der Waals surface area contributed by atoms with Crippen LogP contribution in [0.4, 0.5) is 0 Å². The Hall–Kier alpha value is -3.01. The number of fused-ring (bicyclic) bond motifs is 1. The third-order valence-electron chi connectivity index (χ3n) is 5.86. The van der Waals surface area contributed by atoms with Gasteiger partial charge in [0.05, 0.1) is 36.5 Å². The van der Waals surface area contributed by atoms with Gasteiger partial charge in [-0.05, 0) is 42.3 Å². The average molecular weight is 481 g/mol. The number of pyridine rings is 1. The Bertz CT molecular complexity index is 1120. The molecule has 1 unspecified atom stereocenters. The first-order valence-corrected chi connectivity index (χ1v) is 12.3. The van der Waals surface area contributed by atoms with Gasteiger partial charge >= 0.3 is 0 Å². The van der Waals surface area contributed by atoms with E-state index in [1.807, 2.05) is 47.5 Å². The second-order valence-electron chi connectivity index (χ2n) is 8.57. The number of nitrogens with zero attached hydrogens (tertiary/aromatic N) is 4. The molecule has 3 aromatic rings. The van der Waals surface area contributed by atoms with Crippen LogP contribution < -0.4 is 9.47 Å². The standard InChI is InChI=1S/C25H28N4O4S/c1-18-27-21(17-34-18)12-29-14-22(33-16-19-4-6-26-7-5-19)13-28(15-25(29)30)11-20-2-3-23-24(10-20)32-9-8-31-23/h2-7,10,17,22H,8-9,11-16H2,1H3. The number of hydrogen-bond donors (Lipinski definition) is 0. The van der Waals surface area contributed by atoms with Crippen molar-refractivity contribution in [3.05, 3.63) is 69.9 Å². The van der Waals surface area contributed by atoms with E-state index in [4.69, 9.17) is 14.2 Å². The highest BCUT2D eigenvalue weighted by molar-refractivity contribution is 7.09. The molecular formula is C25H28N4O4S. The number of hydrogen-bond acceptors (Lipinski definition) is 8. The zero-order valence-electron chi connectivity index (χ0n) is 19.2. The summed E-state index contributed by atoms with van der Waals surface area (Å²) in [5.74, 6) is 1.61. The second-order valence-corrected chi connectivity index (χ2v) is 9.63. The predicted octanol–water partition coefficient (Wildman–Crippen LogP) is 3.05. The van der Waals surface area contributed by atoms with Gasteiger partial charge in [-0.2, -0.15) is 0 Å². The Morgan fingerprint density at radius 1 is 1.06 bits per heavy atom. The fraction of sp³-hybridized carbons (Fsp3) is 0.400. The van der Waals surface area contributed by atoms with Gasteiger partial charge in [0.1, 0.15) is 13.2 Å². The predicted molar refractivity (Wildman–Crippen MR) is 128 cm³/mol. The van der Waals surface area contributed by atoms with Crippen molar-refractivity contribution >= 4 is 17.2 Å². The topological polar surface area (TPSA) is 77.0 Å². The van der Waals surface area contributed by atoms with Crippen molar-refractivity contribution in [3.8, 4) is 11.5 Å². The van der Waals surface area contributed by atoms with E-state index in [9.17, 15) is 4.79 Å². The summed E-state index contributed by atoms with van der Waals surface area (Å²) in [4.78, 5) is 25.9. The van der Waals surface area contributed by atoms with Crippen molar-refractivity contribution in [2.75, 3.05) is 32.8 Å². The minimum atomic E-state index is -0.128. The van der Waals surface area contributed by atoms with Crippen LogP contribution in [0.3, 0.4) is 0 Å². The molecule has 2 aromatic heterocycles. The summed E-state index contributed by atoms with van der Waals surface area (Å²) < 4.78 is 17.7. The molecule has 178 valence electrons. The molecule has 1 saturated heterocycles. The van der Waals surface area contributed by atoms with Crippen molar-refractivity contribution in [1.29, 1.82) is 0 Å². The maximum Gasteiger partial charge on any atom is 0.237 e. The first-order chi connectivity index (χ1) is 16.6. The molecule has 2 aliphatic heterocycles. The highest BCUT2D eigenvalue weighted by atomic mass is 32.1. The molecule has 8 nitrogen and oxygen atoms in total. The average Bonchev–Trinajstić information content (AvgIpc) is 3.20. The molecule has 0 spiro atoms. The van der Waals surface area contributed by atoms with Crippen molar-refractivity contribution in [3.63, 3.8) is 0 Å². The Labute approximate surface area is 203 Å². The molecule has 0 saturated carbocycles. The lowest BCUT2D eigenvalue weighted by Gasteiger charge is -2.25. The van der Waals surface area contributed by atoms with Crippen LogP contribution in [0.25, 0.3) is 0 Å². The molecule has 0 N–H and O–H groups in total. The van der Waals surface area contributed by atoms with E-state index in [-0.39, 0.29) is 12.0 Å². The molecule has 0 bridgehead atoms. The summed E-state index contributed by atoms with van der Waals surface area (Å²) in [6.07, 6.45) is 3.40. The summed E-state index contributed by atoms with van der Waals surface area (Å²) in [6.45, 7) is 6.20. The highest BCUT2D eigenvalue weighted by Gasteiger charge is 2.29. The quantitative estimate of drug-likeness (QED) is 0.514. The fourth-order valence-electron chi connectivity index (χ4n) is 4.24. The first kappa shape index (κ1) is 22.8. The maximum atomic E-state index is 13.2. The Morgan fingerprint density at radius 3 is 2.68 bits per heavy atom. The van der Waals surface area contributed by atoms with E-state index in [1.54, 1.807) is 23.7 Å². The molecule has 1 aromatic carbocycles. The lowest BCUT2D eigenvalue weighted by atomic mass is 10.1. The molecule has 9 heteroatoms. The van der Waals surface area contributed by atoms with Gasteiger partial charge in [0.2, 0.25) is 5.91 Å². The number of rotatable bonds is 7. The number of amides is 1. The minimum absolute atomic E-state index is 0.0817. The second kappa shape index (κ2) is 10.5. The summed E-state index contributed by atoms with van der Waals surface area (Å²) >= 11 is 1.60. The monoisotopic (exact) mass is 480 g/mol. The number of benzene rings is 1. The van der Waals surface area contributed by atoms with Crippen molar-refractivity contribution < 1.29 is 19.0 Å². The Morgan fingerprint density at radius 2 is 1.88 bits per heavy atom. The molecule has 34 heavy (non-hydrogen) atoms. The third-order valence-corrected chi connectivity index (χ3v) is 6.69. The third kappa shape index (κ3) is 5.72. The van der Waals surface area contributed by atoms with E-state index in [2.05, 4.69) is 14.9 Å². The van der Waals surface area contributed by atoms with Crippen molar-refractivity contribution in [1.82, 2.24) is 19.8 Å². The molecule has 2 aliphatic rings. The number of ether oxygens (including phenoxy) is 3. The molecular weight excluding hydrogens is 452 g/mol. The van der Waals surface area contributed by atoms with Crippen LogP contribution in [0.1, 0.15) is 21.8 Å². The van der Waals surface area contributed by atoms with E-state index in [1.165, 1.54) is 0 Å². The molecule has 4 heterocycles. The first-order valence-electron chi connectivity index (χ1n) is 11.4. The summed E-state index contributed by atoms with van der Waals surface area (Å²) in [5.41, 5.74) is 3.06. The van der Waals surface area contributed by atoms with Gasteiger partial charge in [0, 0.05) is 37.4 Å². The van der Waals surface area contributed by atoms with Crippen molar-refractivity contribution in [2.24, 2.45) is 0 Å². The lowest BCUT2D eigenvalue weighted by Crippen LogP contribution is -2.37. The van der Waals surface area contributed by atoms with Gasteiger partial charge in [0.15, 0.2) is 11.5 Å². The zero-order valence-corrected chi connectivity index (χ0v) is 20.0. The van der Waals surface area contributed by atoms with Crippen LogP contribution in [-0.4, -0.2) is 64.6 Å². The normalized spacial score (nSPS) is 18.7. The molecule has 0 aliphatic carbocycles. The molecule has 1 fully saturated rings. The molecule has 0 radical (unpaired) electrons. The molecule has 5 rings (SSSR count). The van der Waals surface area contributed by atoms with Crippen LogP contribution in [0.2, 0.25) is 0 Å². The van der Waals surface area contributed by atoms with Crippen LogP contribution in [-0.2, 0) is 29.2 Å². The number of aryl methyl sites for hydroxylation is 1. The Kier molecular flexibility index (Phi) is 7.03. The Balaban J connectivity index is 1.31. The number of carbonyl (C=O) groups is 1.